The van der Waals surface area contributed by atoms with Crippen LogP contribution in [0.5, 0.6) is 17.2 Å². The van der Waals surface area contributed by atoms with E-state index >= 15 is 0 Å². The maximum Gasteiger partial charge on any atom is 0.337 e. The molecule has 3 aromatic rings. The highest BCUT2D eigenvalue weighted by Gasteiger charge is 2.22. The minimum absolute atomic E-state index is 0.0163. The Kier molecular flexibility index (Phi) is 6.44. The van der Waals surface area contributed by atoms with Gasteiger partial charge in [0, 0.05) is 18.3 Å². The molecule has 0 aliphatic rings. The molecule has 0 radical (unpaired) electrons. The number of nitrogens with zero attached hydrogens (tertiary/aromatic N) is 4. The second kappa shape index (κ2) is 8.91. The van der Waals surface area contributed by atoms with E-state index in [9.17, 15) is 35.4 Å². The highest BCUT2D eigenvalue weighted by molar-refractivity contribution is 6.08. The van der Waals surface area contributed by atoms with Crippen LogP contribution in [0.4, 0.5) is 0 Å². The van der Waals surface area contributed by atoms with Crippen LogP contribution < -0.4 is 0 Å². The smallest absolute Gasteiger partial charge is 0.337 e. The van der Waals surface area contributed by atoms with Crippen LogP contribution in [0.3, 0.4) is 0 Å². The zero-order valence-electron chi connectivity index (χ0n) is 17.7. The predicted octanol–water partition coefficient (Wildman–Crippen LogP) is 1.30. The van der Waals surface area contributed by atoms with Gasteiger partial charge in [-0.1, -0.05) is 0 Å². The summed E-state index contributed by atoms with van der Waals surface area (Å²) in [5.74, 6) is -2.27. The number of carboxylic acid groups (broad SMARTS) is 1. The maximum atomic E-state index is 11.5. The Bertz CT molecular complexity index is 1220. The zero-order chi connectivity index (χ0) is 23.7. The lowest BCUT2D eigenvalue weighted by molar-refractivity contribution is -0.0818. The normalized spacial score (nSPS) is 13.9. The van der Waals surface area contributed by atoms with Gasteiger partial charge in [0.1, 0.15) is 51.8 Å². The summed E-state index contributed by atoms with van der Waals surface area (Å²) in [7, 11) is 0. The highest BCUT2D eigenvalue weighted by atomic mass is 16.4. The average molecular weight is 444 g/mol. The number of phenolic OH excluding ortho intramolecular Hbond substituents is 3. The van der Waals surface area contributed by atoms with Crippen LogP contribution in [0.1, 0.15) is 35.3 Å². The van der Waals surface area contributed by atoms with Crippen LogP contribution in [-0.4, -0.2) is 83.2 Å². The van der Waals surface area contributed by atoms with Crippen LogP contribution in [0.25, 0.3) is 22.1 Å². The van der Waals surface area contributed by atoms with E-state index < -0.39 is 18.4 Å². The van der Waals surface area contributed by atoms with Gasteiger partial charge < -0.3 is 30.6 Å². The molecule has 2 atom stereocenters. The molecule has 0 spiro atoms. The van der Waals surface area contributed by atoms with E-state index in [2.05, 4.69) is 15.0 Å². The summed E-state index contributed by atoms with van der Waals surface area (Å²) >= 11 is 0. The van der Waals surface area contributed by atoms with Crippen molar-refractivity contribution in [3.63, 3.8) is 0 Å². The number of aliphatic hydroxyl groups excluding tert-OH is 2. The van der Waals surface area contributed by atoms with E-state index in [1.165, 1.54) is 44.0 Å². The van der Waals surface area contributed by atoms with E-state index in [1.807, 2.05) is 0 Å². The van der Waals surface area contributed by atoms with Crippen molar-refractivity contribution in [3.8, 4) is 17.2 Å². The third-order valence-electron chi connectivity index (χ3n) is 5.14. The van der Waals surface area contributed by atoms with E-state index in [0.717, 1.165) is 0 Å². The van der Waals surface area contributed by atoms with Gasteiger partial charge in [0.2, 0.25) is 0 Å². The van der Waals surface area contributed by atoms with E-state index in [-0.39, 0.29) is 69.1 Å². The first-order chi connectivity index (χ1) is 15.0. The van der Waals surface area contributed by atoms with Crippen LogP contribution in [0.2, 0.25) is 0 Å². The summed E-state index contributed by atoms with van der Waals surface area (Å²) in [4.78, 5) is 25.7. The Morgan fingerprint density at radius 2 is 1.66 bits per heavy atom. The first-order valence-electron chi connectivity index (χ1n) is 9.77. The van der Waals surface area contributed by atoms with Crippen molar-refractivity contribution in [2.24, 2.45) is 4.99 Å². The third-order valence-corrected chi connectivity index (χ3v) is 5.14. The molecule has 11 nitrogen and oxygen atoms in total. The molecule has 1 heterocycles. The molecule has 0 amide bonds. The molecule has 0 bridgehead atoms. The SMILES string of the molecule is Cc1c(O)c(/C=N/CCN(C(C)O)C(C)O)c2nc3c(O)ccc(C(=O)O)c3nc2c1O. The summed E-state index contributed by atoms with van der Waals surface area (Å²) in [5, 5.41) is 60.1. The topological polar surface area (TPSA) is 180 Å². The molecule has 1 aromatic heterocycles. The average Bonchev–Trinajstić information content (AvgIpc) is 2.72. The summed E-state index contributed by atoms with van der Waals surface area (Å²) < 4.78 is 0. The van der Waals surface area contributed by atoms with Crippen LogP contribution in [0.15, 0.2) is 17.1 Å². The molecule has 0 fully saturated rings. The van der Waals surface area contributed by atoms with Crippen LogP contribution >= 0.6 is 0 Å². The van der Waals surface area contributed by atoms with Crippen molar-refractivity contribution < 1.29 is 35.4 Å². The molecule has 0 aliphatic carbocycles. The first-order valence-corrected chi connectivity index (χ1v) is 9.77. The fraction of sp³-hybridized carbons (Fsp3) is 0.333. The molecule has 0 saturated heterocycles. The quantitative estimate of drug-likeness (QED) is 0.177. The fourth-order valence-electron chi connectivity index (χ4n) is 3.39. The summed E-state index contributed by atoms with van der Waals surface area (Å²) in [6, 6.07) is 2.36. The molecule has 2 aromatic carbocycles. The van der Waals surface area contributed by atoms with E-state index in [4.69, 9.17) is 0 Å². The number of carbonyl (C=O) groups is 1. The molecule has 6 N–H and O–H groups in total. The molecule has 170 valence electrons. The molecule has 2 unspecified atom stereocenters. The second-order valence-corrected chi connectivity index (χ2v) is 7.33. The van der Waals surface area contributed by atoms with Gasteiger partial charge in [0.15, 0.2) is 0 Å². The summed E-state index contributed by atoms with van der Waals surface area (Å²) in [6.45, 7) is 4.86. The predicted molar refractivity (Wildman–Crippen MR) is 116 cm³/mol. The van der Waals surface area contributed by atoms with Gasteiger partial charge in [0.25, 0.3) is 0 Å². The molecular formula is C21H24N4O7. The number of rotatable bonds is 7. The number of benzene rings is 2. The Morgan fingerprint density at radius 3 is 2.25 bits per heavy atom. The Morgan fingerprint density at radius 1 is 1.03 bits per heavy atom. The lowest BCUT2D eigenvalue weighted by atomic mass is 10.0. The van der Waals surface area contributed by atoms with Gasteiger partial charge in [-0.05, 0) is 32.9 Å². The molecule has 11 heteroatoms. The van der Waals surface area contributed by atoms with Gasteiger partial charge in [-0.3, -0.25) is 9.89 Å². The first kappa shape index (κ1) is 23.1. The van der Waals surface area contributed by atoms with Crippen molar-refractivity contribution in [2.75, 3.05) is 13.1 Å². The van der Waals surface area contributed by atoms with Crippen LogP contribution in [-0.2, 0) is 0 Å². The number of aromatic carboxylic acids is 1. The van der Waals surface area contributed by atoms with Gasteiger partial charge in [-0.25, -0.2) is 14.8 Å². The van der Waals surface area contributed by atoms with Crippen molar-refractivity contribution in [3.05, 3.63) is 28.8 Å². The van der Waals surface area contributed by atoms with E-state index in [0.29, 0.717) is 0 Å². The zero-order valence-corrected chi connectivity index (χ0v) is 17.7. The fourth-order valence-corrected chi connectivity index (χ4v) is 3.39. The largest absolute Gasteiger partial charge is 0.507 e. The number of aromatic nitrogens is 2. The highest BCUT2D eigenvalue weighted by Crippen LogP contribution is 2.38. The number of carboxylic acids is 1. The van der Waals surface area contributed by atoms with Gasteiger partial charge in [0.05, 0.1) is 17.7 Å². The monoisotopic (exact) mass is 444 g/mol. The van der Waals surface area contributed by atoms with Crippen molar-refractivity contribution >= 4 is 34.3 Å². The van der Waals surface area contributed by atoms with Crippen molar-refractivity contribution in [2.45, 2.75) is 33.2 Å². The minimum atomic E-state index is -1.28. The number of fused-ring (bicyclic) bond motifs is 2. The van der Waals surface area contributed by atoms with Crippen molar-refractivity contribution in [1.29, 1.82) is 0 Å². The molecular weight excluding hydrogens is 420 g/mol. The standard InChI is InChI=1S/C21H24N4O7/c1-9-19(29)13(8-22-6-7-25(10(2)26)11(3)27)16-18(20(9)30)24-15-12(21(31)32)4-5-14(28)17(15)23-16/h4-5,8,10-11,26-30H,6-7H2,1-3H3,(H,31,32)/b22-8+. The lowest BCUT2D eigenvalue weighted by Gasteiger charge is -2.27. The second-order valence-electron chi connectivity index (χ2n) is 7.33. The summed E-state index contributed by atoms with van der Waals surface area (Å²) in [6.07, 6.45) is -0.469. The number of hydrogen-bond acceptors (Lipinski definition) is 10. The van der Waals surface area contributed by atoms with Crippen molar-refractivity contribution in [1.82, 2.24) is 14.9 Å². The number of phenols is 3. The molecule has 0 aliphatic heterocycles. The Balaban J connectivity index is 2.15. The number of aliphatic imine (C=N–C) groups is 1. The molecule has 0 saturated carbocycles. The Hall–Kier alpha value is -3.54. The lowest BCUT2D eigenvalue weighted by Crippen LogP contribution is -2.41. The van der Waals surface area contributed by atoms with E-state index in [1.54, 1.807) is 0 Å². The Labute approximate surface area is 182 Å². The maximum absolute atomic E-state index is 11.5. The third kappa shape index (κ3) is 4.13. The van der Waals surface area contributed by atoms with Gasteiger partial charge >= 0.3 is 5.97 Å². The van der Waals surface area contributed by atoms with Crippen LogP contribution in [0, 0.1) is 6.92 Å². The minimum Gasteiger partial charge on any atom is -0.507 e. The molecule has 32 heavy (non-hydrogen) atoms. The van der Waals surface area contributed by atoms with Gasteiger partial charge in [-0.15, -0.1) is 0 Å². The summed E-state index contributed by atoms with van der Waals surface area (Å²) in [5.41, 5.74) is -0.255. The molecule has 3 rings (SSSR count). The number of hydrogen-bond donors (Lipinski definition) is 6. The number of aliphatic hydroxyl groups is 2. The number of aromatic hydroxyl groups is 3. The van der Waals surface area contributed by atoms with Gasteiger partial charge in [-0.2, -0.15) is 0 Å².